The molecule has 1 atom stereocenters. The summed E-state index contributed by atoms with van der Waals surface area (Å²) in [4.78, 5) is 0. The van der Waals surface area contributed by atoms with Crippen molar-refractivity contribution in [1.29, 1.82) is 0 Å². The van der Waals surface area contributed by atoms with Crippen molar-refractivity contribution < 1.29 is 4.74 Å². The van der Waals surface area contributed by atoms with E-state index in [4.69, 9.17) is 4.74 Å². The molecule has 114 valence electrons. The fraction of sp³-hybridized carbons (Fsp3) is 1.00. The summed E-state index contributed by atoms with van der Waals surface area (Å²) in [5, 5.41) is 3.75. The molecule has 0 aromatic carbocycles. The summed E-state index contributed by atoms with van der Waals surface area (Å²) in [7, 11) is 0. The van der Waals surface area contributed by atoms with Crippen molar-refractivity contribution in [2.45, 2.75) is 90.7 Å². The summed E-state index contributed by atoms with van der Waals surface area (Å²) < 4.78 is 6.31. The average molecular weight is 269 g/mol. The second-order valence-corrected chi connectivity index (χ2v) is 6.09. The molecule has 0 aliphatic heterocycles. The molecule has 1 N–H and O–H groups in total. The summed E-state index contributed by atoms with van der Waals surface area (Å²) in [5.41, 5.74) is 0.117. The minimum absolute atomic E-state index is 0.117. The predicted molar refractivity (Wildman–Crippen MR) is 83.6 cm³/mol. The minimum atomic E-state index is 0.117. The molecule has 2 nitrogen and oxygen atoms in total. The van der Waals surface area contributed by atoms with Crippen LogP contribution in [0.4, 0.5) is 0 Å². The van der Waals surface area contributed by atoms with Gasteiger partial charge in [-0.3, -0.25) is 0 Å². The summed E-state index contributed by atoms with van der Waals surface area (Å²) in [5.74, 6) is 0.836. The SMILES string of the molecule is CCNC(CC(CC)CC)C1(OCC)CCCCC1. The molecule has 0 saturated heterocycles. The van der Waals surface area contributed by atoms with Crippen LogP contribution in [0, 0.1) is 5.92 Å². The van der Waals surface area contributed by atoms with Gasteiger partial charge in [-0.05, 0) is 38.6 Å². The predicted octanol–water partition coefficient (Wildman–Crippen LogP) is 4.53. The molecule has 2 heteroatoms. The Labute approximate surface area is 120 Å². The number of hydrogen-bond acceptors (Lipinski definition) is 2. The lowest BCUT2D eigenvalue weighted by Crippen LogP contribution is -2.54. The van der Waals surface area contributed by atoms with Gasteiger partial charge in [0.2, 0.25) is 0 Å². The van der Waals surface area contributed by atoms with Gasteiger partial charge in [0.15, 0.2) is 0 Å². The van der Waals surface area contributed by atoms with Crippen LogP contribution in [0.3, 0.4) is 0 Å². The van der Waals surface area contributed by atoms with Crippen LogP contribution in [-0.4, -0.2) is 24.8 Å². The van der Waals surface area contributed by atoms with Crippen molar-refractivity contribution in [2.75, 3.05) is 13.2 Å². The third-order valence-corrected chi connectivity index (χ3v) is 4.94. The lowest BCUT2D eigenvalue weighted by Gasteiger charge is -2.44. The first kappa shape index (κ1) is 17.0. The molecule has 1 aliphatic rings. The molecule has 1 unspecified atom stereocenters. The Hall–Kier alpha value is -0.0800. The molecule has 0 aromatic rings. The van der Waals surface area contributed by atoms with Gasteiger partial charge in [-0.1, -0.05) is 52.9 Å². The molecule has 19 heavy (non-hydrogen) atoms. The Balaban J connectivity index is 2.78. The summed E-state index contributed by atoms with van der Waals surface area (Å²) in [6, 6.07) is 0.544. The van der Waals surface area contributed by atoms with E-state index in [0.717, 1.165) is 19.1 Å². The fourth-order valence-electron chi connectivity index (χ4n) is 3.72. The first-order valence-electron chi connectivity index (χ1n) is 8.59. The number of hydrogen-bond donors (Lipinski definition) is 1. The van der Waals surface area contributed by atoms with Crippen molar-refractivity contribution in [3.63, 3.8) is 0 Å². The van der Waals surface area contributed by atoms with E-state index >= 15 is 0 Å². The maximum Gasteiger partial charge on any atom is 0.0834 e. The van der Waals surface area contributed by atoms with E-state index in [1.165, 1.54) is 51.4 Å². The van der Waals surface area contributed by atoms with E-state index < -0.39 is 0 Å². The molecule has 0 spiro atoms. The number of nitrogens with one attached hydrogen (secondary N) is 1. The van der Waals surface area contributed by atoms with E-state index in [1.807, 2.05) is 0 Å². The van der Waals surface area contributed by atoms with Crippen LogP contribution in [0.1, 0.15) is 79.1 Å². The lowest BCUT2D eigenvalue weighted by molar-refractivity contribution is -0.0941. The van der Waals surface area contributed by atoms with E-state index in [2.05, 4.69) is 33.0 Å². The largest absolute Gasteiger partial charge is 0.374 e. The first-order valence-corrected chi connectivity index (χ1v) is 8.59. The molecule has 1 fully saturated rings. The van der Waals surface area contributed by atoms with Gasteiger partial charge >= 0.3 is 0 Å². The van der Waals surface area contributed by atoms with Gasteiger partial charge in [0, 0.05) is 12.6 Å². The van der Waals surface area contributed by atoms with Gasteiger partial charge < -0.3 is 10.1 Å². The van der Waals surface area contributed by atoms with Crippen LogP contribution in [0.2, 0.25) is 0 Å². The highest BCUT2D eigenvalue weighted by Crippen LogP contribution is 2.37. The van der Waals surface area contributed by atoms with Crippen LogP contribution in [0.15, 0.2) is 0 Å². The molecule has 0 heterocycles. The Morgan fingerprint density at radius 2 is 1.63 bits per heavy atom. The standard InChI is InChI=1S/C17H35NO/c1-5-15(6-2)14-16(18-7-3)17(19-8-4)12-10-9-11-13-17/h15-16,18H,5-14H2,1-4H3. The normalized spacial score (nSPS) is 20.7. The topological polar surface area (TPSA) is 21.3 Å². The van der Waals surface area contributed by atoms with Gasteiger partial charge in [-0.15, -0.1) is 0 Å². The van der Waals surface area contributed by atoms with Crippen molar-refractivity contribution in [3.8, 4) is 0 Å². The molecule has 1 rings (SSSR count). The summed E-state index contributed by atoms with van der Waals surface area (Å²) in [6.07, 6.45) is 10.4. The molecule has 1 aliphatic carbocycles. The van der Waals surface area contributed by atoms with Crippen molar-refractivity contribution in [1.82, 2.24) is 5.32 Å². The summed E-state index contributed by atoms with van der Waals surface area (Å²) in [6.45, 7) is 10.9. The fourth-order valence-corrected chi connectivity index (χ4v) is 3.72. The van der Waals surface area contributed by atoms with Crippen LogP contribution in [0.25, 0.3) is 0 Å². The quantitative estimate of drug-likeness (QED) is 0.664. The third-order valence-electron chi connectivity index (χ3n) is 4.94. The van der Waals surface area contributed by atoms with Crippen molar-refractivity contribution in [3.05, 3.63) is 0 Å². The highest BCUT2D eigenvalue weighted by Gasteiger charge is 2.40. The van der Waals surface area contributed by atoms with Crippen LogP contribution in [0.5, 0.6) is 0 Å². The van der Waals surface area contributed by atoms with E-state index in [9.17, 15) is 0 Å². The Bertz CT molecular complexity index is 214. The second kappa shape index (κ2) is 8.97. The van der Waals surface area contributed by atoms with Gasteiger partial charge in [0.1, 0.15) is 0 Å². The molecule has 0 radical (unpaired) electrons. The summed E-state index contributed by atoms with van der Waals surface area (Å²) >= 11 is 0. The zero-order chi connectivity index (χ0) is 14.1. The maximum absolute atomic E-state index is 6.31. The van der Waals surface area contributed by atoms with Crippen molar-refractivity contribution in [2.24, 2.45) is 5.92 Å². The molecule has 0 bridgehead atoms. The highest BCUT2D eigenvalue weighted by molar-refractivity contribution is 4.96. The van der Waals surface area contributed by atoms with E-state index in [1.54, 1.807) is 0 Å². The van der Waals surface area contributed by atoms with Crippen LogP contribution in [-0.2, 0) is 4.74 Å². The monoisotopic (exact) mass is 269 g/mol. The molecule has 1 saturated carbocycles. The Morgan fingerprint density at radius 3 is 2.11 bits per heavy atom. The molecule has 0 aromatic heterocycles. The lowest BCUT2D eigenvalue weighted by atomic mass is 9.75. The van der Waals surface area contributed by atoms with Crippen LogP contribution >= 0.6 is 0 Å². The zero-order valence-corrected chi connectivity index (χ0v) is 13.6. The number of likely N-dealkylation sites (N-methyl/N-ethyl adjacent to an activating group) is 1. The minimum Gasteiger partial charge on any atom is -0.374 e. The van der Waals surface area contributed by atoms with E-state index in [-0.39, 0.29) is 5.60 Å². The Kier molecular flexibility index (Phi) is 8.01. The maximum atomic E-state index is 6.31. The van der Waals surface area contributed by atoms with Gasteiger partial charge in [-0.2, -0.15) is 0 Å². The second-order valence-electron chi connectivity index (χ2n) is 6.09. The number of rotatable bonds is 9. The number of ether oxygens (including phenoxy) is 1. The highest BCUT2D eigenvalue weighted by atomic mass is 16.5. The van der Waals surface area contributed by atoms with E-state index in [0.29, 0.717) is 6.04 Å². The average Bonchev–Trinajstić information content (AvgIpc) is 2.44. The van der Waals surface area contributed by atoms with Crippen LogP contribution < -0.4 is 5.32 Å². The Morgan fingerprint density at radius 1 is 1.00 bits per heavy atom. The van der Waals surface area contributed by atoms with Gasteiger partial charge in [0.05, 0.1) is 5.60 Å². The van der Waals surface area contributed by atoms with Gasteiger partial charge in [0.25, 0.3) is 0 Å². The third kappa shape index (κ3) is 4.75. The van der Waals surface area contributed by atoms with Gasteiger partial charge in [-0.25, -0.2) is 0 Å². The smallest absolute Gasteiger partial charge is 0.0834 e. The van der Waals surface area contributed by atoms with Crippen molar-refractivity contribution >= 4 is 0 Å². The zero-order valence-electron chi connectivity index (χ0n) is 13.6. The molecule has 0 amide bonds. The first-order chi connectivity index (χ1) is 9.22. The molecular formula is C17H35NO. The molecular weight excluding hydrogens is 234 g/mol.